The largest absolute Gasteiger partial charge is 0.486 e. The van der Waals surface area contributed by atoms with Crippen LogP contribution in [-0.4, -0.2) is 24.1 Å². The van der Waals surface area contributed by atoms with E-state index >= 15 is 0 Å². The molecule has 1 aromatic rings. The summed E-state index contributed by atoms with van der Waals surface area (Å²) in [5.41, 5.74) is -0.179. The van der Waals surface area contributed by atoms with Gasteiger partial charge in [0.15, 0.2) is 5.78 Å². The molecule has 0 radical (unpaired) electrons. The van der Waals surface area contributed by atoms with Gasteiger partial charge in [0, 0.05) is 18.0 Å². The molecule has 3 nitrogen and oxygen atoms in total. The first kappa shape index (κ1) is 14.5. The molecule has 1 aliphatic rings. The van der Waals surface area contributed by atoms with Crippen LogP contribution in [0.5, 0.6) is 5.75 Å². The van der Waals surface area contributed by atoms with E-state index < -0.39 is 5.60 Å². The second kappa shape index (κ2) is 4.91. The molecule has 1 heterocycles. The molecule has 1 aromatic carbocycles. The molecule has 0 aliphatic carbocycles. The summed E-state index contributed by atoms with van der Waals surface area (Å²) in [7, 11) is 1.68. The van der Waals surface area contributed by atoms with Crippen molar-refractivity contribution in [3.8, 4) is 5.75 Å². The predicted octanol–water partition coefficient (Wildman–Crippen LogP) is 3.99. The van der Waals surface area contributed by atoms with Crippen LogP contribution in [0.25, 0.3) is 0 Å². The normalized spacial score (nSPS) is 22.9. The van der Waals surface area contributed by atoms with Gasteiger partial charge in [0.1, 0.15) is 11.4 Å². The Hall–Kier alpha value is -0.870. The van der Waals surface area contributed by atoms with Crippen LogP contribution in [0.4, 0.5) is 0 Å². The van der Waals surface area contributed by atoms with Crippen LogP contribution < -0.4 is 4.74 Å². The van der Waals surface area contributed by atoms with Crippen molar-refractivity contribution in [2.75, 3.05) is 7.11 Å². The lowest BCUT2D eigenvalue weighted by atomic mass is 9.83. The van der Waals surface area contributed by atoms with E-state index in [-0.39, 0.29) is 11.4 Å². The van der Waals surface area contributed by atoms with Crippen molar-refractivity contribution >= 4 is 21.7 Å². The lowest BCUT2D eigenvalue weighted by Gasteiger charge is -2.39. The molecular weight excluding hydrogens is 308 g/mol. The van der Waals surface area contributed by atoms with Gasteiger partial charge in [0.2, 0.25) is 0 Å². The third-order valence-corrected chi connectivity index (χ3v) is 3.98. The summed E-state index contributed by atoms with van der Waals surface area (Å²) in [6, 6.07) is 5.55. The summed E-state index contributed by atoms with van der Waals surface area (Å²) in [6.07, 6.45) is 1.04. The van der Waals surface area contributed by atoms with Gasteiger partial charge in [-0.2, -0.15) is 0 Å². The molecule has 0 fully saturated rings. The van der Waals surface area contributed by atoms with Gasteiger partial charge in [-0.1, -0.05) is 15.9 Å². The number of hydrogen-bond acceptors (Lipinski definition) is 3. The Morgan fingerprint density at radius 3 is 2.79 bits per heavy atom. The van der Waals surface area contributed by atoms with Crippen LogP contribution in [0, 0.1) is 0 Å². The number of ketones is 1. The van der Waals surface area contributed by atoms with Gasteiger partial charge in [-0.15, -0.1) is 0 Å². The van der Waals surface area contributed by atoms with Crippen LogP contribution in [0.2, 0.25) is 0 Å². The highest BCUT2D eigenvalue weighted by molar-refractivity contribution is 9.10. The van der Waals surface area contributed by atoms with Gasteiger partial charge in [0.05, 0.1) is 17.6 Å². The quantitative estimate of drug-likeness (QED) is 0.842. The maximum absolute atomic E-state index is 12.3. The first-order valence-corrected chi connectivity index (χ1v) is 7.11. The number of methoxy groups -OCH3 is 1. The van der Waals surface area contributed by atoms with Gasteiger partial charge in [-0.25, -0.2) is 0 Å². The van der Waals surface area contributed by atoms with Crippen LogP contribution >= 0.6 is 15.9 Å². The lowest BCUT2D eigenvalue weighted by molar-refractivity contribution is -0.0501. The molecule has 1 aliphatic heterocycles. The molecule has 19 heavy (non-hydrogen) atoms. The highest BCUT2D eigenvalue weighted by Crippen LogP contribution is 2.39. The lowest BCUT2D eigenvalue weighted by Crippen LogP contribution is -2.45. The van der Waals surface area contributed by atoms with Crippen molar-refractivity contribution in [2.45, 2.75) is 44.8 Å². The second-order valence-corrected chi connectivity index (χ2v) is 6.85. The third-order valence-electron chi connectivity index (χ3n) is 3.49. The predicted molar refractivity (Wildman–Crippen MR) is 77.8 cm³/mol. The van der Waals surface area contributed by atoms with Gasteiger partial charge in [-0.05, 0) is 39.0 Å². The molecule has 0 amide bonds. The Kier molecular flexibility index (Phi) is 3.76. The van der Waals surface area contributed by atoms with Crippen molar-refractivity contribution in [1.29, 1.82) is 0 Å². The average molecular weight is 327 g/mol. The molecule has 2 rings (SSSR count). The van der Waals surface area contributed by atoms with E-state index in [4.69, 9.17) is 9.47 Å². The van der Waals surface area contributed by atoms with Gasteiger partial charge in [0.25, 0.3) is 0 Å². The van der Waals surface area contributed by atoms with Crippen LogP contribution in [0.15, 0.2) is 22.7 Å². The average Bonchev–Trinajstić information content (AvgIpc) is 2.29. The standard InChI is InChI=1S/C15H19BrO3/c1-14(2,18-4)9-15(3)8-12(17)11-7-10(16)5-6-13(11)19-15/h5-7H,8-9H2,1-4H3. The summed E-state index contributed by atoms with van der Waals surface area (Å²) in [6.45, 7) is 5.98. The minimum atomic E-state index is -0.516. The van der Waals surface area contributed by atoms with E-state index in [1.54, 1.807) is 7.11 Å². The molecular formula is C15H19BrO3. The smallest absolute Gasteiger partial charge is 0.170 e. The minimum absolute atomic E-state index is 0.122. The number of carbonyl (C=O) groups excluding carboxylic acids is 1. The summed E-state index contributed by atoms with van der Waals surface area (Å²) < 4.78 is 12.4. The number of rotatable bonds is 3. The molecule has 0 spiro atoms. The monoisotopic (exact) mass is 326 g/mol. The van der Waals surface area contributed by atoms with E-state index in [2.05, 4.69) is 15.9 Å². The molecule has 0 bridgehead atoms. The molecule has 1 atom stereocenters. The van der Waals surface area contributed by atoms with Crippen molar-refractivity contribution in [3.63, 3.8) is 0 Å². The van der Waals surface area contributed by atoms with Crippen LogP contribution in [-0.2, 0) is 4.74 Å². The van der Waals surface area contributed by atoms with E-state index in [0.717, 1.165) is 4.47 Å². The van der Waals surface area contributed by atoms with E-state index in [9.17, 15) is 4.79 Å². The number of Topliss-reactive ketones (excluding diaryl/α,β-unsaturated/α-hetero) is 1. The summed E-state index contributed by atoms with van der Waals surface area (Å²) >= 11 is 3.38. The maximum Gasteiger partial charge on any atom is 0.170 e. The second-order valence-electron chi connectivity index (χ2n) is 5.93. The molecule has 0 N–H and O–H groups in total. The molecule has 1 unspecified atom stereocenters. The van der Waals surface area contributed by atoms with Crippen molar-refractivity contribution in [2.24, 2.45) is 0 Å². The number of fused-ring (bicyclic) bond motifs is 1. The van der Waals surface area contributed by atoms with Crippen molar-refractivity contribution in [1.82, 2.24) is 0 Å². The van der Waals surface area contributed by atoms with Gasteiger partial charge in [-0.3, -0.25) is 4.79 Å². The number of ether oxygens (including phenoxy) is 2. The zero-order chi connectivity index (χ0) is 14.3. The van der Waals surface area contributed by atoms with Gasteiger partial charge >= 0.3 is 0 Å². The SMILES string of the molecule is COC(C)(C)CC1(C)CC(=O)c2cc(Br)ccc2O1. The number of carbonyl (C=O) groups is 1. The molecule has 4 heteroatoms. The summed E-state index contributed by atoms with van der Waals surface area (Å²) in [4.78, 5) is 12.3. The minimum Gasteiger partial charge on any atom is -0.486 e. The Morgan fingerprint density at radius 2 is 2.16 bits per heavy atom. The van der Waals surface area contributed by atoms with Crippen molar-refractivity contribution in [3.05, 3.63) is 28.2 Å². The fraction of sp³-hybridized carbons (Fsp3) is 0.533. The van der Waals surface area contributed by atoms with Gasteiger partial charge < -0.3 is 9.47 Å². The molecule has 104 valence electrons. The van der Waals surface area contributed by atoms with E-state index in [1.165, 1.54) is 0 Å². The zero-order valence-corrected chi connectivity index (χ0v) is 13.3. The topological polar surface area (TPSA) is 35.5 Å². The number of hydrogen-bond donors (Lipinski definition) is 0. The summed E-state index contributed by atoms with van der Waals surface area (Å²) in [5, 5.41) is 0. The molecule has 0 saturated heterocycles. The summed E-state index contributed by atoms with van der Waals surface area (Å²) in [5.74, 6) is 0.783. The Bertz CT molecular complexity index is 510. The Labute approximate surface area is 122 Å². The Morgan fingerprint density at radius 1 is 1.47 bits per heavy atom. The van der Waals surface area contributed by atoms with Crippen molar-refractivity contribution < 1.29 is 14.3 Å². The number of halogens is 1. The zero-order valence-electron chi connectivity index (χ0n) is 11.7. The third kappa shape index (κ3) is 3.18. The fourth-order valence-corrected chi connectivity index (χ4v) is 2.98. The molecule has 0 aromatic heterocycles. The van der Waals surface area contributed by atoms with E-state index in [1.807, 2.05) is 39.0 Å². The highest BCUT2D eigenvalue weighted by Gasteiger charge is 2.40. The fourth-order valence-electron chi connectivity index (χ4n) is 2.62. The highest BCUT2D eigenvalue weighted by atomic mass is 79.9. The first-order valence-electron chi connectivity index (χ1n) is 6.32. The Balaban J connectivity index is 2.30. The maximum atomic E-state index is 12.3. The number of benzene rings is 1. The van der Waals surface area contributed by atoms with Crippen LogP contribution in [0.1, 0.15) is 44.0 Å². The van der Waals surface area contributed by atoms with E-state index in [0.29, 0.717) is 24.2 Å². The van der Waals surface area contributed by atoms with Crippen LogP contribution in [0.3, 0.4) is 0 Å². The first-order chi connectivity index (χ1) is 8.75. The molecule has 0 saturated carbocycles.